The summed E-state index contributed by atoms with van der Waals surface area (Å²) in [6.07, 6.45) is 0. The van der Waals surface area contributed by atoms with Crippen molar-refractivity contribution in [1.29, 1.82) is 0 Å². The van der Waals surface area contributed by atoms with Gasteiger partial charge < -0.3 is 15.5 Å². The van der Waals surface area contributed by atoms with Gasteiger partial charge in [0.2, 0.25) is 0 Å². The molecule has 8 rings (SSSR count). The van der Waals surface area contributed by atoms with E-state index in [2.05, 4.69) is 36.0 Å². The van der Waals surface area contributed by atoms with E-state index in [9.17, 15) is 53.9 Å². The topological polar surface area (TPSA) is 307 Å². The second-order valence-corrected chi connectivity index (χ2v) is 18.7. The molecule has 0 radical (unpaired) electrons. The van der Waals surface area contributed by atoms with E-state index in [0.717, 1.165) is 36.0 Å². The molecule has 0 saturated heterocycles. The third kappa shape index (κ3) is 9.35. The maximum atomic E-state index is 12.7. The van der Waals surface area contributed by atoms with Gasteiger partial charge in [-0.3, -0.25) is 13.7 Å². The number of aryl methyl sites for hydroxylation is 1. The van der Waals surface area contributed by atoms with Crippen LogP contribution in [0.15, 0.2) is 179 Å². The third-order valence-electron chi connectivity index (χ3n) is 10.1. The smallest absolute Gasteiger partial charge is 0.335 e. The zero-order chi connectivity index (χ0) is 47.1. The van der Waals surface area contributed by atoms with Crippen molar-refractivity contribution >= 4 is 114 Å². The molecule has 0 aromatic heterocycles. The summed E-state index contributed by atoms with van der Waals surface area (Å²) in [5.41, 5.74) is 1.78. The summed E-state index contributed by atoms with van der Waals surface area (Å²) in [6.45, 7) is 1.60. The molecule has 0 fully saturated rings. The van der Waals surface area contributed by atoms with Crippen LogP contribution in [0.25, 0.3) is 32.3 Å². The number of phenols is 1. The molecule has 19 nitrogen and oxygen atoms in total. The Balaban J connectivity index is 1.20. The average Bonchev–Trinajstić information content (AvgIpc) is 3.26. The summed E-state index contributed by atoms with van der Waals surface area (Å²) >= 11 is 0. The Morgan fingerprint density at radius 2 is 1.02 bits per heavy atom. The number of benzene rings is 8. The van der Waals surface area contributed by atoms with Gasteiger partial charge in [0.1, 0.15) is 10.6 Å². The van der Waals surface area contributed by atoms with Gasteiger partial charge in [0.25, 0.3) is 30.4 Å². The lowest BCUT2D eigenvalue weighted by molar-refractivity contribution is 0.0696. The fraction of sp³-hybridized carbons (Fsp3) is 0.0227. The molecule has 0 atom stereocenters. The number of phenolic OH excluding ortho intramolecular Hbond substituents is 1. The zero-order valence-electron chi connectivity index (χ0n) is 33.7. The Morgan fingerprint density at radius 3 is 1.53 bits per heavy atom. The number of hydrogen-bond donors (Lipinski definition) is 6. The number of fused-ring (bicyclic) bond motifs is 3. The van der Waals surface area contributed by atoms with Crippen molar-refractivity contribution in [3.8, 4) is 5.75 Å². The van der Waals surface area contributed by atoms with E-state index in [1.165, 1.54) is 60.7 Å². The summed E-state index contributed by atoms with van der Waals surface area (Å²) in [7, 11) is -14.5. The van der Waals surface area contributed by atoms with Gasteiger partial charge >= 0.3 is 5.97 Å². The number of anilines is 2. The Bertz CT molecular complexity index is 3770. The fourth-order valence-electron chi connectivity index (χ4n) is 6.95. The SMILES string of the molecule is Cc1cc(N=Nc2ccc(N=Nc3ccc(N=Nc4c(S(=O)(=O)O)cc5cc(Nc6ccccc6)ccc5c4O)c4cc(S(=O)(=O)O)ccc34)c3cc(S(=O)(=O)O)ccc23)ccc1C(=O)O. The molecule has 0 heterocycles. The number of carboxylic acids is 1. The molecule has 66 heavy (non-hydrogen) atoms. The second kappa shape index (κ2) is 17.3. The molecule has 332 valence electrons. The summed E-state index contributed by atoms with van der Waals surface area (Å²) < 4.78 is 104. The standard InChI is InChI=1S/C44H31N7O12S3/c1-24-19-28(8-11-31(24)44(53)54)46-47-37-15-17-39(35-22-29(64(55,56)57)9-13-33(35)37)49-48-38-16-18-40(36-23-30(65(58,59)60)10-14-34(36)38)50-51-42-41(66(61,62)63)21-25-20-27(7-12-32(25)43(42)52)45-26-5-3-2-4-6-26/h2-23,45,52H,1H3,(H,53,54)(H,55,56,57)(H,58,59,60)(H,61,62,63). The van der Waals surface area contributed by atoms with Gasteiger partial charge in [-0.25, -0.2) is 4.79 Å². The Kier molecular flexibility index (Phi) is 11.7. The van der Waals surface area contributed by atoms with Gasteiger partial charge in [-0.15, -0.1) is 25.6 Å². The third-order valence-corrected chi connectivity index (χ3v) is 12.7. The fourth-order valence-corrected chi connectivity index (χ4v) is 8.62. The predicted octanol–water partition coefficient (Wildman–Crippen LogP) is 11.6. The van der Waals surface area contributed by atoms with Crippen molar-refractivity contribution in [3.63, 3.8) is 0 Å². The molecule has 8 aromatic carbocycles. The van der Waals surface area contributed by atoms with Crippen molar-refractivity contribution in [3.05, 3.63) is 145 Å². The number of nitrogens with zero attached hydrogens (tertiary/aromatic N) is 6. The van der Waals surface area contributed by atoms with Crippen molar-refractivity contribution in [2.24, 2.45) is 30.7 Å². The normalized spacial score (nSPS) is 12.6. The maximum absolute atomic E-state index is 12.7. The first-order valence-corrected chi connectivity index (χ1v) is 23.3. The quantitative estimate of drug-likeness (QED) is 0.0491. The Hall–Kier alpha value is -7.86. The van der Waals surface area contributed by atoms with Crippen LogP contribution in [0.5, 0.6) is 5.75 Å². The van der Waals surface area contributed by atoms with Crippen molar-refractivity contribution in [1.82, 2.24) is 0 Å². The van der Waals surface area contributed by atoms with Gasteiger partial charge in [-0.05, 0) is 121 Å². The minimum Gasteiger partial charge on any atom is -0.505 e. The highest BCUT2D eigenvalue weighted by Crippen LogP contribution is 2.44. The molecule has 22 heteroatoms. The highest BCUT2D eigenvalue weighted by atomic mass is 32.2. The van der Waals surface area contributed by atoms with Crippen molar-refractivity contribution < 1.29 is 53.9 Å². The molecule has 6 N–H and O–H groups in total. The highest BCUT2D eigenvalue weighted by Gasteiger charge is 2.23. The Morgan fingerprint density at radius 1 is 0.500 bits per heavy atom. The molecule has 8 aromatic rings. The van der Waals surface area contributed by atoms with E-state index < -0.39 is 62.4 Å². The Labute approximate surface area is 374 Å². The number of aromatic carboxylic acids is 1. The van der Waals surface area contributed by atoms with Crippen LogP contribution in [0.2, 0.25) is 0 Å². The van der Waals surface area contributed by atoms with E-state index in [4.69, 9.17) is 0 Å². The predicted molar refractivity (Wildman–Crippen MR) is 243 cm³/mol. The largest absolute Gasteiger partial charge is 0.505 e. The summed E-state index contributed by atoms with van der Waals surface area (Å²) in [5, 5.41) is 50.2. The van der Waals surface area contributed by atoms with Crippen LogP contribution in [0.1, 0.15) is 15.9 Å². The molecule has 0 aliphatic carbocycles. The van der Waals surface area contributed by atoms with E-state index in [1.54, 1.807) is 19.1 Å². The number of carboxylic acid groups (broad SMARTS) is 1. The van der Waals surface area contributed by atoms with E-state index in [-0.39, 0.29) is 55.2 Å². The summed E-state index contributed by atoms with van der Waals surface area (Å²) in [6, 6.07) is 32.0. The maximum Gasteiger partial charge on any atom is 0.335 e. The van der Waals surface area contributed by atoms with E-state index in [1.807, 2.05) is 30.3 Å². The molecule has 0 saturated carbocycles. The van der Waals surface area contributed by atoms with Crippen LogP contribution in [0.4, 0.5) is 45.5 Å². The molecular weight excluding hydrogens is 915 g/mol. The number of carbonyl (C=O) groups is 1. The van der Waals surface area contributed by atoms with Crippen LogP contribution in [-0.2, 0) is 30.4 Å². The average molecular weight is 946 g/mol. The monoisotopic (exact) mass is 945 g/mol. The first kappa shape index (κ1) is 44.7. The van der Waals surface area contributed by atoms with Gasteiger partial charge in [0.15, 0.2) is 5.75 Å². The zero-order valence-corrected chi connectivity index (χ0v) is 36.2. The van der Waals surface area contributed by atoms with Crippen molar-refractivity contribution in [2.75, 3.05) is 5.32 Å². The number of aromatic hydroxyl groups is 1. The van der Waals surface area contributed by atoms with Gasteiger partial charge in [-0.2, -0.15) is 30.4 Å². The number of rotatable bonds is 12. The minimum atomic E-state index is -5.03. The lowest BCUT2D eigenvalue weighted by atomic mass is 10.1. The number of hydrogen-bond acceptors (Lipinski definition) is 15. The van der Waals surface area contributed by atoms with Crippen LogP contribution in [0.3, 0.4) is 0 Å². The summed E-state index contributed by atoms with van der Waals surface area (Å²) in [4.78, 5) is 9.63. The van der Waals surface area contributed by atoms with Crippen LogP contribution in [-0.4, -0.2) is 55.1 Å². The number of nitrogens with one attached hydrogen (secondary N) is 1. The lowest BCUT2D eigenvalue weighted by Crippen LogP contribution is -1.99. The molecule has 0 bridgehead atoms. The van der Waals surface area contributed by atoms with Crippen molar-refractivity contribution in [2.45, 2.75) is 21.6 Å². The highest BCUT2D eigenvalue weighted by molar-refractivity contribution is 7.86. The van der Waals surface area contributed by atoms with E-state index >= 15 is 0 Å². The number of para-hydroxylation sites is 1. The van der Waals surface area contributed by atoms with Gasteiger partial charge in [-0.1, -0.05) is 30.3 Å². The molecule has 0 aliphatic heterocycles. The first-order chi connectivity index (χ1) is 31.2. The molecule has 0 spiro atoms. The first-order valence-electron chi connectivity index (χ1n) is 19.0. The molecule has 0 unspecified atom stereocenters. The second-order valence-electron chi connectivity index (χ2n) is 14.5. The molecular formula is C44H31N7O12S3. The lowest BCUT2D eigenvalue weighted by Gasteiger charge is -2.12. The van der Waals surface area contributed by atoms with E-state index in [0.29, 0.717) is 22.3 Å². The van der Waals surface area contributed by atoms with Crippen LogP contribution in [0, 0.1) is 6.92 Å². The van der Waals surface area contributed by atoms with Crippen LogP contribution >= 0.6 is 0 Å². The number of azo groups is 3. The summed E-state index contributed by atoms with van der Waals surface area (Å²) in [5.74, 6) is -1.76. The minimum absolute atomic E-state index is 0.00320. The van der Waals surface area contributed by atoms with Gasteiger partial charge in [0, 0.05) is 38.3 Å². The molecule has 0 aliphatic rings. The van der Waals surface area contributed by atoms with Gasteiger partial charge in [0.05, 0.1) is 43.8 Å². The van der Waals surface area contributed by atoms with Crippen LogP contribution < -0.4 is 5.32 Å². The molecule has 0 amide bonds.